The van der Waals surface area contributed by atoms with E-state index in [0.717, 1.165) is 5.82 Å². The number of nitrogen functional groups attached to an aromatic ring is 1. The molecule has 0 bridgehead atoms. The summed E-state index contributed by atoms with van der Waals surface area (Å²) in [5.41, 5.74) is 2.51. The van der Waals surface area contributed by atoms with Gasteiger partial charge in [-0.3, -0.25) is 4.98 Å². The van der Waals surface area contributed by atoms with Crippen molar-refractivity contribution in [2.45, 2.75) is 51.0 Å². The summed E-state index contributed by atoms with van der Waals surface area (Å²) in [7, 11) is 0. The molecule has 0 aliphatic heterocycles. The summed E-state index contributed by atoms with van der Waals surface area (Å²) in [5, 5.41) is 3.45. The van der Waals surface area contributed by atoms with Crippen LogP contribution in [0.1, 0.15) is 44.9 Å². The Morgan fingerprint density at radius 2 is 1.65 bits per heavy atom. The average Bonchev–Trinajstić information content (AvgIpc) is 2.33. The maximum Gasteiger partial charge on any atom is 0.160 e. The van der Waals surface area contributed by atoms with Gasteiger partial charge in [0.05, 0.1) is 12.4 Å². The van der Waals surface area contributed by atoms with Crippen molar-refractivity contribution in [1.29, 1.82) is 0 Å². The van der Waals surface area contributed by atoms with Crippen molar-refractivity contribution in [1.82, 2.24) is 9.97 Å². The smallest absolute Gasteiger partial charge is 0.160 e. The first-order valence-electron chi connectivity index (χ1n) is 6.43. The van der Waals surface area contributed by atoms with Gasteiger partial charge < -0.3 is 10.7 Å². The number of rotatable bonds is 3. The Kier molecular flexibility index (Phi) is 4.55. The largest absolute Gasteiger partial charge is 0.366 e. The van der Waals surface area contributed by atoms with E-state index in [9.17, 15) is 0 Å². The molecule has 1 aliphatic carbocycles. The summed E-state index contributed by atoms with van der Waals surface area (Å²) in [6, 6.07) is 0.526. The summed E-state index contributed by atoms with van der Waals surface area (Å²) >= 11 is 0. The third-order valence-electron chi connectivity index (χ3n) is 3.24. The van der Waals surface area contributed by atoms with Gasteiger partial charge in [-0.05, 0) is 12.8 Å². The fraction of sp³-hybridized carbons (Fsp3) is 0.667. The number of hydrogen-bond donors (Lipinski definition) is 3. The van der Waals surface area contributed by atoms with Gasteiger partial charge in [-0.2, -0.15) is 0 Å². The Hall–Kier alpha value is -1.36. The minimum absolute atomic E-state index is 0.526. The van der Waals surface area contributed by atoms with Crippen molar-refractivity contribution in [2.75, 3.05) is 10.7 Å². The summed E-state index contributed by atoms with van der Waals surface area (Å²) in [6.07, 6.45) is 12.5. The van der Waals surface area contributed by atoms with E-state index in [1.165, 1.54) is 44.9 Å². The van der Waals surface area contributed by atoms with E-state index < -0.39 is 0 Å². The molecule has 0 unspecified atom stereocenters. The second-order valence-electron chi connectivity index (χ2n) is 4.62. The van der Waals surface area contributed by atoms with E-state index in [2.05, 4.69) is 20.7 Å². The minimum atomic E-state index is 0.526. The van der Waals surface area contributed by atoms with Crippen LogP contribution < -0.4 is 16.6 Å². The summed E-state index contributed by atoms with van der Waals surface area (Å²) < 4.78 is 0. The predicted octanol–water partition coefficient (Wildman–Crippen LogP) is 2.29. The first kappa shape index (κ1) is 12.1. The van der Waals surface area contributed by atoms with Crippen molar-refractivity contribution < 1.29 is 0 Å². The zero-order valence-corrected chi connectivity index (χ0v) is 10.2. The van der Waals surface area contributed by atoms with Crippen LogP contribution in [0.25, 0.3) is 0 Å². The molecule has 1 fully saturated rings. The van der Waals surface area contributed by atoms with Gasteiger partial charge in [-0.1, -0.05) is 32.1 Å². The van der Waals surface area contributed by atoms with Crippen LogP contribution >= 0.6 is 0 Å². The molecule has 1 aliphatic rings. The van der Waals surface area contributed by atoms with E-state index in [1.807, 2.05) is 0 Å². The van der Waals surface area contributed by atoms with Gasteiger partial charge in [0.15, 0.2) is 5.82 Å². The summed E-state index contributed by atoms with van der Waals surface area (Å²) in [5.74, 6) is 6.73. The number of hydrogen-bond acceptors (Lipinski definition) is 5. The lowest BCUT2D eigenvalue weighted by Gasteiger charge is -2.21. The summed E-state index contributed by atoms with van der Waals surface area (Å²) in [6.45, 7) is 0. The van der Waals surface area contributed by atoms with Gasteiger partial charge >= 0.3 is 0 Å². The third-order valence-corrected chi connectivity index (χ3v) is 3.24. The van der Waals surface area contributed by atoms with Crippen molar-refractivity contribution >= 4 is 11.6 Å². The lowest BCUT2D eigenvalue weighted by Crippen LogP contribution is -2.21. The highest BCUT2D eigenvalue weighted by Gasteiger charge is 2.11. The molecule has 1 aromatic heterocycles. The molecule has 2 rings (SSSR count). The number of anilines is 2. The molecule has 94 valence electrons. The molecule has 1 heterocycles. The first-order valence-corrected chi connectivity index (χ1v) is 6.43. The lowest BCUT2D eigenvalue weighted by atomic mass is 9.97. The van der Waals surface area contributed by atoms with Gasteiger partial charge in [0, 0.05) is 6.04 Å². The molecule has 0 radical (unpaired) electrons. The van der Waals surface area contributed by atoms with Gasteiger partial charge in [0.25, 0.3) is 0 Å². The highest BCUT2D eigenvalue weighted by molar-refractivity contribution is 5.41. The molecule has 1 saturated carbocycles. The van der Waals surface area contributed by atoms with Gasteiger partial charge in [0.1, 0.15) is 5.82 Å². The van der Waals surface area contributed by atoms with Crippen LogP contribution in [-0.2, 0) is 0 Å². The standard InChI is InChI=1S/C12H21N5/c13-17-12-9-14-8-11(16-12)15-10-6-4-2-1-3-5-7-10/h8-10H,1-7,13H2,(H2,15,16,17). The van der Waals surface area contributed by atoms with E-state index >= 15 is 0 Å². The van der Waals surface area contributed by atoms with Crippen LogP contribution in [0.5, 0.6) is 0 Å². The van der Waals surface area contributed by atoms with Gasteiger partial charge in [-0.25, -0.2) is 10.8 Å². The van der Waals surface area contributed by atoms with Gasteiger partial charge in [-0.15, -0.1) is 0 Å². The lowest BCUT2D eigenvalue weighted by molar-refractivity contribution is 0.470. The molecule has 0 saturated heterocycles. The van der Waals surface area contributed by atoms with E-state index in [-0.39, 0.29) is 0 Å². The second-order valence-corrected chi connectivity index (χ2v) is 4.62. The molecular formula is C12H21N5. The highest BCUT2D eigenvalue weighted by atomic mass is 15.3. The van der Waals surface area contributed by atoms with Crippen LogP contribution in [0.4, 0.5) is 11.6 Å². The molecule has 1 aromatic rings. The van der Waals surface area contributed by atoms with Gasteiger partial charge in [0.2, 0.25) is 0 Å². The fourth-order valence-electron chi connectivity index (χ4n) is 2.31. The Labute approximate surface area is 102 Å². The van der Waals surface area contributed by atoms with Crippen molar-refractivity contribution in [3.63, 3.8) is 0 Å². The Morgan fingerprint density at radius 3 is 2.35 bits per heavy atom. The molecule has 0 atom stereocenters. The molecule has 4 N–H and O–H groups in total. The Balaban J connectivity index is 1.93. The molecule has 0 spiro atoms. The average molecular weight is 235 g/mol. The van der Waals surface area contributed by atoms with E-state index in [1.54, 1.807) is 12.4 Å². The quantitative estimate of drug-likeness (QED) is 0.553. The molecule has 0 aromatic carbocycles. The molecular weight excluding hydrogens is 214 g/mol. The number of nitrogens with two attached hydrogens (primary N) is 1. The zero-order valence-electron chi connectivity index (χ0n) is 10.2. The second kappa shape index (κ2) is 6.39. The number of nitrogens with zero attached hydrogens (tertiary/aromatic N) is 2. The van der Waals surface area contributed by atoms with Crippen molar-refractivity contribution in [3.05, 3.63) is 12.4 Å². The van der Waals surface area contributed by atoms with E-state index in [0.29, 0.717) is 11.9 Å². The van der Waals surface area contributed by atoms with Crippen LogP contribution in [0.15, 0.2) is 12.4 Å². The fourth-order valence-corrected chi connectivity index (χ4v) is 2.31. The maximum absolute atomic E-state index is 5.32. The molecule has 0 amide bonds. The molecule has 17 heavy (non-hydrogen) atoms. The third kappa shape index (κ3) is 3.85. The number of hydrazine groups is 1. The van der Waals surface area contributed by atoms with E-state index in [4.69, 9.17) is 5.84 Å². The molecule has 5 nitrogen and oxygen atoms in total. The Morgan fingerprint density at radius 1 is 1.00 bits per heavy atom. The Bertz CT molecular complexity index is 333. The predicted molar refractivity (Wildman–Crippen MR) is 69.6 cm³/mol. The normalized spacial score (nSPS) is 18.2. The van der Waals surface area contributed by atoms with Crippen molar-refractivity contribution in [3.8, 4) is 0 Å². The number of nitrogens with one attached hydrogen (secondary N) is 2. The number of aromatic nitrogens is 2. The van der Waals surface area contributed by atoms with Crippen LogP contribution in [-0.4, -0.2) is 16.0 Å². The summed E-state index contributed by atoms with van der Waals surface area (Å²) in [4.78, 5) is 8.43. The van der Waals surface area contributed by atoms with Crippen LogP contribution in [0.3, 0.4) is 0 Å². The monoisotopic (exact) mass is 235 g/mol. The van der Waals surface area contributed by atoms with Crippen LogP contribution in [0, 0.1) is 0 Å². The maximum atomic E-state index is 5.32. The van der Waals surface area contributed by atoms with Crippen molar-refractivity contribution in [2.24, 2.45) is 5.84 Å². The minimum Gasteiger partial charge on any atom is -0.366 e. The highest BCUT2D eigenvalue weighted by Crippen LogP contribution is 2.20. The first-order chi connectivity index (χ1) is 8.38. The zero-order chi connectivity index (χ0) is 11.9. The molecule has 5 heteroatoms. The van der Waals surface area contributed by atoms with Crippen LogP contribution in [0.2, 0.25) is 0 Å². The topological polar surface area (TPSA) is 75.9 Å². The SMILES string of the molecule is NNc1cncc(NC2CCCCCCC2)n1.